The molecule has 0 aromatic heterocycles. The van der Waals surface area contributed by atoms with E-state index in [1.54, 1.807) is 6.07 Å². The lowest BCUT2D eigenvalue weighted by molar-refractivity contribution is -0.122. The van der Waals surface area contributed by atoms with Crippen molar-refractivity contribution >= 4 is 5.91 Å². The Hall–Kier alpha value is -1.42. The van der Waals surface area contributed by atoms with Gasteiger partial charge in [-0.1, -0.05) is 19.9 Å². The number of amides is 1. The maximum Gasteiger partial charge on any atom is 0.234 e. The third-order valence-electron chi connectivity index (χ3n) is 3.78. The minimum Gasteiger partial charge on any atom is -0.348 e. The topological polar surface area (TPSA) is 32.3 Å². The van der Waals surface area contributed by atoms with Crippen molar-refractivity contribution in [1.82, 2.24) is 10.2 Å². The third-order valence-corrected chi connectivity index (χ3v) is 3.78. The van der Waals surface area contributed by atoms with E-state index in [1.165, 1.54) is 6.07 Å². The van der Waals surface area contributed by atoms with Gasteiger partial charge >= 0.3 is 0 Å². The Balaban J connectivity index is 1.99. The Labute approximate surface area is 113 Å². The van der Waals surface area contributed by atoms with Crippen molar-refractivity contribution < 1.29 is 9.18 Å². The van der Waals surface area contributed by atoms with Gasteiger partial charge in [-0.2, -0.15) is 0 Å². The van der Waals surface area contributed by atoms with Crippen LogP contribution in [0.5, 0.6) is 0 Å². The number of halogens is 1. The molecule has 1 atom stereocenters. The largest absolute Gasteiger partial charge is 0.348 e. The van der Waals surface area contributed by atoms with Crippen molar-refractivity contribution in [3.8, 4) is 0 Å². The standard InChI is InChI=1S/C15H21FN2O/c1-3-18(4-2)10-15(19)17-14-8-6-11-5-7-12(16)9-13(11)14/h5,7,9,14H,3-4,6,8,10H2,1-2H3,(H,17,19). The van der Waals surface area contributed by atoms with Crippen molar-refractivity contribution in [3.05, 3.63) is 35.1 Å². The number of carbonyl (C=O) groups is 1. The number of likely N-dealkylation sites (N-methyl/N-ethyl adjacent to an activating group) is 1. The molecule has 0 saturated heterocycles. The first-order chi connectivity index (χ1) is 9.13. The van der Waals surface area contributed by atoms with Gasteiger partial charge in [0.1, 0.15) is 5.82 Å². The highest BCUT2D eigenvalue weighted by molar-refractivity contribution is 5.78. The quantitative estimate of drug-likeness (QED) is 0.885. The maximum atomic E-state index is 13.3. The van der Waals surface area contributed by atoms with Gasteiger partial charge in [-0.05, 0) is 49.2 Å². The van der Waals surface area contributed by atoms with Crippen molar-refractivity contribution in [2.45, 2.75) is 32.7 Å². The molecule has 1 aliphatic rings. The summed E-state index contributed by atoms with van der Waals surface area (Å²) in [6.07, 6.45) is 1.77. The first kappa shape index (κ1) is 14.0. The molecule has 1 N–H and O–H groups in total. The average molecular weight is 264 g/mol. The van der Waals surface area contributed by atoms with Crippen LogP contribution in [0.3, 0.4) is 0 Å². The summed E-state index contributed by atoms with van der Waals surface area (Å²) in [5.74, 6) is -0.213. The Morgan fingerprint density at radius 1 is 1.42 bits per heavy atom. The molecule has 0 fully saturated rings. The van der Waals surface area contributed by atoms with E-state index in [4.69, 9.17) is 0 Å². The molecule has 1 aromatic carbocycles. The van der Waals surface area contributed by atoms with E-state index in [-0.39, 0.29) is 17.8 Å². The Bertz CT molecular complexity index is 457. The number of nitrogens with one attached hydrogen (secondary N) is 1. The van der Waals surface area contributed by atoms with E-state index >= 15 is 0 Å². The zero-order valence-corrected chi connectivity index (χ0v) is 11.6. The van der Waals surface area contributed by atoms with Crippen LogP contribution in [0.15, 0.2) is 18.2 Å². The van der Waals surface area contributed by atoms with Crippen molar-refractivity contribution in [3.63, 3.8) is 0 Å². The van der Waals surface area contributed by atoms with Gasteiger partial charge in [0, 0.05) is 0 Å². The molecule has 3 nitrogen and oxygen atoms in total. The lowest BCUT2D eigenvalue weighted by atomic mass is 10.1. The van der Waals surface area contributed by atoms with Crippen LogP contribution in [0.1, 0.15) is 37.4 Å². The molecular formula is C15H21FN2O. The minimum absolute atomic E-state index is 0.0193. The third kappa shape index (κ3) is 3.32. The molecule has 104 valence electrons. The molecule has 0 aliphatic heterocycles. The second-order valence-corrected chi connectivity index (χ2v) is 4.96. The molecule has 0 radical (unpaired) electrons. The van der Waals surface area contributed by atoms with Crippen molar-refractivity contribution in [1.29, 1.82) is 0 Å². The van der Waals surface area contributed by atoms with Crippen LogP contribution >= 0.6 is 0 Å². The molecule has 4 heteroatoms. The van der Waals surface area contributed by atoms with Crippen LogP contribution in [0, 0.1) is 5.82 Å². The van der Waals surface area contributed by atoms with Crippen LogP contribution in [0.4, 0.5) is 4.39 Å². The Morgan fingerprint density at radius 3 is 2.84 bits per heavy atom. The van der Waals surface area contributed by atoms with Gasteiger partial charge in [0.05, 0.1) is 12.6 Å². The van der Waals surface area contributed by atoms with Crippen LogP contribution < -0.4 is 5.32 Å². The average Bonchev–Trinajstić information content (AvgIpc) is 2.78. The van der Waals surface area contributed by atoms with Gasteiger partial charge in [-0.25, -0.2) is 4.39 Å². The summed E-state index contributed by atoms with van der Waals surface area (Å²) in [6.45, 7) is 6.21. The zero-order chi connectivity index (χ0) is 13.8. The van der Waals surface area contributed by atoms with E-state index < -0.39 is 0 Å². The SMILES string of the molecule is CCN(CC)CC(=O)NC1CCc2ccc(F)cc21. The summed E-state index contributed by atoms with van der Waals surface area (Å²) >= 11 is 0. The molecule has 1 amide bonds. The molecule has 1 aliphatic carbocycles. The number of rotatable bonds is 5. The summed E-state index contributed by atoms with van der Waals surface area (Å²) < 4.78 is 13.3. The van der Waals surface area contributed by atoms with Gasteiger partial charge in [-0.15, -0.1) is 0 Å². The normalized spacial score (nSPS) is 17.6. The molecule has 2 rings (SSSR count). The predicted octanol–water partition coefficient (Wildman–Crippen LogP) is 2.27. The van der Waals surface area contributed by atoms with Gasteiger partial charge < -0.3 is 5.32 Å². The number of aryl methyl sites for hydroxylation is 1. The number of nitrogens with zero attached hydrogens (tertiary/aromatic N) is 1. The van der Waals surface area contributed by atoms with Crippen LogP contribution in [0.25, 0.3) is 0 Å². The second-order valence-electron chi connectivity index (χ2n) is 4.96. The summed E-state index contributed by atoms with van der Waals surface area (Å²) in [7, 11) is 0. The lowest BCUT2D eigenvalue weighted by Crippen LogP contribution is -2.38. The maximum absolute atomic E-state index is 13.3. The monoisotopic (exact) mass is 264 g/mol. The first-order valence-electron chi connectivity index (χ1n) is 6.94. The zero-order valence-electron chi connectivity index (χ0n) is 11.6. The molecule has 1 unspecified atom stereocenters. The number of fused-ring (bicyclic) bond motifs is 1. The smallest absolute Gasteiger partial charge is 0.234 e. The van der Waals surface area contributed by atoms with E-state index in [9.17, 15) is 9.18 Å². The summed E-state index contributed by atoms with van der Waals surface area (Å²) in [4.78, 5) is 14.0. The van der Waals surface area contributed by atoms with Crippen LogP contribution in [0.2, 0.25) is 0 Å². The fraction of sp³-hybridized carbons (Fsp3) is 0.533. The van der Waals surface area contributed by atoms with Gasteiger partial charge in [-0.3, -0.25) is 9.69 Å². The predicted molar refractivity (Wildman–Crippen MR) is 73.4 cm³/mol. The molecule has 0 heterocycles. The fourth-order valence-corrected chi connectivity index (χ4v) is 2.61. The van der Waals surface area contributed by atoms with Gasteiger partial charge in [0.15, 0.2) is 0 Å². The number of carbonyl (C=O) groups excluding carboxylic acids is 1. The first-order valence-corrected chi connectivity index (χ1v) is 6.94. The van der Waals surface area contributed by atoms with Crippen LogP contribution in [-0.2, 0) is 11.2 Å². The fourth-order valence-electron chi connectivity index (χ4n) is 2.61. The molecule has 0 spiro atoms. The Morgan fingerprint density at radius 2 is 2.16 bits per heavy atom. The number of hydrogen-bond donors (Lipinski definition) is 1. The van der Waals surface area contributed by atoms with Gasteiger partial charge in [0.2, 0.25) is 5.91 Å². The highest BCUT2D eigenvalue weighted by atomic mass is 19.1. The van der Waals surface area contributed by atoms with E-state index in [1.807, 2.05) is 19.9 Å². The lowest BCUT2D eigenvalue weighted by Gasteiger charge is -2.20. The van der Waals surface area contributed by atoms with Crippen molar-refractivity contribution in [2.24, 2.45) is 0 Å². The van der Waals surface area contributed by atoms with Crippen molar-refractivity contribution in [2.75, 3.05) is 19.6 Å². The van der Waals surface area contributed by atoms with E-state index in [2.05, 4.69) is 10.2 Å². The highest BCUT2D eigenvalue weighted by Crippen LogP contribution is 2.31. The summed E-state index contributed by atoms with van der Waals surface area (Å²) in [5.41, 5.74) is 2.09. The number of hydrogen-bond acceptors (Lipinski definition) is 2. The minimum atomic E-state index is -0.233. The second kappa shape index (κ2) is 6.15. The molecule has 19 heavy (non-hydrogen) atoms. The summed E-state index contributed by atoms with van der Waals surface area (Å²) in [6, 6.07) is 4.82. The molecular weight excluding hydrogens is 243 g/mol. The van der Waals surface area contributed by atoms with Crippen LogP contribution in [-0.4, -0.2) is 30.4 Å². The van der Waals surface area contributed by atoms with E-state index in [0.717, 1.165) is 37.1 Å². The molecule has 0 bridgehead atoms. The molecule has 1 aromatic rings. The van der Waals surface area contributed by atoms with E-state index in [0.29, 0.717) is 6.54 Å². The number of benzene rings is 1. The van der Waals surface area contributed by atoms with Gasteiger partial charge in [0.25, 0.3) is 0 Å². The highest BCUT2D eigenvalue weighted by Gasteiger charge is 2.24. The molecule has 0 saturated carbocycles. The Kier molecular flexibility index (Phi) is 4.53. The summed E-state index contributed by atoms with van der Waals surface area (Å²) in [5, 5.41) is 3.01.